The van der Waals surface area contributed by atoms with Crippen LogP contribution in [0.2, 0.25) is 0 Å². The third-order valence-electron chi connectivity index (χ3n) is 2.66. The molecule has 2 aromatic rings. The van der Waals surface area contributed by atoms with E-state index in [1.54, 1.807) is 17.4 Å². The second-order valence-corrected chi connectivity index (χ2v) is 5.29. The van der Waals surface area contributed by atoms with Crippen molar-refractivity contribution in [1.82, 2.24) is 10.6 Å². The molecule has 0 aliphatic heterocycles. The molecule has 1 aromatic carbocycles. The molecule has 0 spiro atoms. The van der Waals surface area contributed by atoms with Gasteiger partial charge in [0.25, 0.3) is 0 Å². The van der Waals surface area contributed by atoms with Gasteiger partial charge in [-0.25, -0.2) is 9.38 Å². The molecule has 0 aliphatic rings. The number of hydrogen-bond donors (Lipinski definition) is 2. The molecule has 0 radical (unpaired) electrons. The number of thiophene rings is 1. The Bertz CT molecular complexity index is 552. The van der Waals surface area contributed by atoms with E-state index in [9.17, 15) is 4.39 Å². The van der Waals surface area contributed by atoms with Gasteiger partial charge in [-0.15, -0.1) is 11.3 Å². The van der Waals surface area contributed by atoms with Crippen molar-refractivity contribution in [3.8, 4) is 0 Å². The smallest absolute Gasteiger partial charge is 0.191 e. The largest absolute Gasteiger partial charge is 0.357 e. The van der Waals surface area contributed by atoms with E-state index in [2.05, 4.69) is 21.7 Å². The molecule has 0 saturated heterocycles. The fraction of sp³-hybridized carbons (Fsp3) is 0.267. The Morgan fingerprint density at radius 2 is 2.15 bits per heavy atom. The normalized spacial score (nSPS) is 11.4. The molecule has 0 fully saturated rings. The zero-order chi connectivity index (χ0) is 14.2. The monoisotopic (exact) mass is 291 g/mol. The molecule has 0 atom stereocenters. The maximum Gasteiger partial charge on any atom is 0.191 e. The van der Waals surface area contributed by atoms with Crippen LogP contribution >= 0.6 is 11.3 Å². The van der Waals surface area contributed by atoms with Crippen LogP contribution in [-0.4, -0.2) is 12.5 Å². The molecule has 2 rings (SSSR count). The standard InChI is InChI=1S/C15H18FN3S/c1-2-17-15(19-11-14-7-4-8-20-14)18-10-12-5-3-6-13(16)9-12/h3-9H,2,10-11H2,1H3,(H2,17,18,19). The highest BCUT2D eigenvalue weighted by atomic mass is 32.1. The predicted molar refractivity (Wildman–Crippen MR) is 82.4 cm³/mol. The van der Waals surface area contributed by atoms with E-state index in [-0.39, 0.29) is 5.82 Å². The zero-order valence-corrected chi connectivity index (χ0v) is 12.2. The van der Waals surface area contributed by atoms with Gasteiger partial charge in [-0.05, 0) is 36.1 Å². The molecule has 1 aromatic heterocycles. The number of benzene rings is 1. The van der Waals surface area contributed by atoms with E-state index in [1.165, 1.54) is 17.0 Å². The average molecular weight is 291 g/mol. The average Bonchev–Trinajstić information content (AvgIpc) is 2.95. The predicted octanol–water partition coefficient (Wildman–Crippen LogP) is 3.14. The minimum Gasteiger partial charge on any atom is -0.357 e. The molecule has 1 heterocycles. The number of hydrogen-bond acceptors (Lipinski definition) is 2. The van der Waals surface area contributed by atoms with Crippen molar-refractivity contribution in [1.29, 1.82) is 0 Å². The molecule has 0 bridgehead atoms. The molecule has 0 aliphatic carbocycles. The van der Waals surface area contributed by atoms with Gasteiger partial charge >= 0.3 is 0 Å². The first-order valence-electron chi connectivity index (χ1n) is 6.57. The maximum absolute atomic E-state index is 13.1. The van der Waals surface area contributed by atoms with Crippen molar-refractivity contribution in [3.63, 3.8) is 0 Å². The van der Waals surface area contributed by atoms with Crippen LogP contribution in [-0.2, 0) is 13.1 Å². The Labute approximate surface area is 122 Å². The lowest BCUT2D eigenvalue weighted by Gasteiger charge is -2.10. The number of aliphatic imine (C=N–C) groups is 1. The minimum absolute atomic E-state index is 0.228. The molecule has 0 unspecified atom stereocenters. The first-order valence-corrected chi connectivity index (χ1v) is 7.45. The van der Waals surface area contributed by atoms with Crippen molar-refractivity contribution in [2.24, 2.45) is 4.99 Å². The summed E-state index contributed by atoms with van der Waals surface area (Å²) in [6.45, 7) is 4.01. The van der Waals surface area contributed by atoms with E-state index in [1.807, 2.05) is 24.4 Å². The molecule has 3 nitrogen and oxygen atoms in total. The van der Waals surface area contributed by atoms with Crippen LogP contribution in [0.5, 0.6) is 0 Å². The summed E-state index contributed by atoms with van der Waals surface area (Å²) in [7, 11) is 0. The summed E-state index contributed by atoms with van der Waals surface area (Å²) >= 11 is 1.70. The molecule has 20 heavy (non-hydrogen) atoms. The van der Waals surface area contributed by atoms with E-state index >= 15 is 0 Å². The number of nitrogens with one attached hydrogen (secondary N) is 2. The lowest BCUT2D eigenvalue weighted by molar-refractivity contribution is 0.625. The Kier molecular flexibility index (Phi) is 5.55. The number of nitrogens with zero attached hydrogens (tertiary/aromatic N) is 1. The molecule has 0 amide bonds. The Morgan fingerprint density at radius 3 is 2.85 bits per heavy atom. The van der Waals surface area contributed by atoms with Crippen molar-refractivity contribution in [2.75, 3.05) is 6.54 Å². The van der Waals surface area contributed by atoms with Crippen LogP contribution in [0.15, 0.2) is 46.8 Å². The molecule has 2 N–H and O–H groups in total. The number of guanidine groups is 1. The third-order valence-corrected chi connectivity index (χ3v) is 3.54. The van der Waals surface area contributed by atoms with Gasteiger partial charge in [0.15, 0.2) is 5.96 Å². The Hall–Kier alpha value is -1.88. The lowest BCUT2D eigenvalue weighted by Crippen LogP contribution is -2.36. The highest BCUT2D eigenvalue weighted by Crippen LogP contribution is 2.07. The van der Waals surface area contributed by atoms with Crippen molar-refractivity contribution in [3.05, 3.63) is 58.0 Å². The second-order valence-electron chi connectivity index (χ2n) is 4.26. The van der Waals surface area contributed by atoms with Gasteiger partial charge in [0.1, 0.15) is 5.82 Å². The summed E-state index contributed by atoms with van der Waals surface area (Å²) in [6.07, 6.45) is 0. The first kappa shape index (κ1) is 14.5. The maximum atomic E-state index is 13.1. The summed E-state index contributed by atoms with van der Waals surface area (Å²) < 4.78 is 13.1. The van der Waals surface area contributed by atoms with Crippen molar-refractivity contribution in [2.45, 2.75) is 20.0 Å². The van der Waals surface area contributed by atoms with Gasteiger partial charge < -0.3 is 10.6 Å². The topological polar surface area (TPSA) is 36.4 Å². The van der Waals surface area contributed by atoms with Gasteiger partial charge in [-0.1, -0.05) is 18.2 Å². The summed E-state index contributed by atoms with van der Waals surface area (Å²) in [5.41, 5.74) is 0.860. The zero-order valence-electron chi connectivity index (χ0n) is 11.4. The highest BCUT2D eigenvalue weighted by Gasteiger charge is 1.99. The van der Waals surface area contributed by atoms with Crippen LogP contribution < -0.4 is 10.6 Å². The van der Waals surface area contributed by atoms with Gasteiger partial charge in [0.2, 0.25) is 0 Å². The van der Waals surface area contributed by atoms with Gasteiger partial charge in [-0.3, -0.25) is 0 Å². The van der Waals surface area contributed by atoms with Crippen LogP contribution in [0, 0.1) is 5.82 Å². The van der Waals surface area contributed by atoms with E-state index < -0.39 is 0 Å². The Balaban J connectivity index is 1.94. The highest BCUT2D eigenvalue weighted by molar-refractivity contribution is 7.09. The fourth-order valence-electron chi connectivity index (χ4n) is 1.73. The van der Waals surface area contributed by atoms with Crippen LogP contribution in [0.4, 0.5) is 4.39 Å². The second kappa shape index (κ2) is 7.65. The molecular weight excluding hydrogens is 273 g/mol. The van der Waals surface area contributed by atoms with E-state index in [4.69, 9.17) is 0 Å². The first-order chi connectivity index (χ1) is 9.78. The lowest BCUT2D eigenvalue weighted by atomic mass is 10.2. The number of rotatable bonds is 5. The van der Waals surface area contributed by atoms with Crippen LogP contribution in [0.1, 0.15) is 17.4 Å². The SMILES string of the molecule is CCNC(=NCc1cccc(F)c1)NCc1cccs1. The fourth-order valence-corrected chi connectivity index (χ4v) is 2.38. The molecule has 5 heteroatoms. The van der Waals surface area contributed by atoms with Crippen molar-refractivity contribution < 1.29 is 4.39 Å². The van der Waals surface area contributed by atoms with Crippen LogP contribution in [0.25, 0.3) is 0 Å². The summed E-state index contributed by atoms with van der Waals surface area (Å²) in [5.74, 6) is 0.513. The molecule has 106 valence electrons. The minimum atomic E-state index is -0.228. The number of halogens is 1. The van der Waals surface area contributed by atoms with Crippen molar-refractivity contribution >= 4 is 17.3 Å². The third kappa shape index (κ3) is 4.66. The van der Waals surface area contributed by atoms with E-state index in [0.29, 0.717) is 6.54 Å². The van der Waals surface area contributed by atoms with Gasteiger partial charge in [0.05, 0.1) is 13.1 Å². The quantitative estimate of drug-likeness (QED) is 0.656. The van der Waals surface area contributed by atoms with Crippen LogP contribution in [0.3, 0.4) is 0 Å². The Morgan fingerprint density at radius 1 is 1.25 bits per heavy atom. The molecular formula is C15H18FN3S. The summed E-state index contributed by atoms with van der Waals surface area (Å²) in [6, 6.07) is 10.6. The summed E-state index contributed by atoms with van der Waals surface area (Å²) in [5, 5.41) is 8.49. The van der Waals surface area contributed by atoms with E-state index in [0.717, 1.165) is 24.6 Å². The van der Waals surface area contributed by atoms with Gasteiger partial charge in [0, 0.05) is 11.4 Å². The summed E-state index contributed by atoms with van der Waals surface area (Å²) in [4.78, 5) is 5.71. The molecule has 0 saturated carbocycles. The van der Waals surface area contributed by atoms with Gasteiger partial charge in [-0.2, -0.15) is 0 Å².